The fourth-order valence-electron chi connectivity index (χ4n) is 1.25. The maximum Gasteiger partial charge on any atom is 0.0199 e. The van der Waals surface area contributed by atoms with Crippen LogP contribution in [0.2, 0.25) is 0 Å². The summed E-state index contributed by atoms with van der Waals surface area (Å²) < 4.78 is 0. The van der Waals surface area contributed by atoms with Crippen molar-refractivity contribution >= 4 is 0 Å². The molecule has 0 heterocycles. The predicted molar refractivity (Wildman–Crippen MR) is 60.1 cm³/mol. The topological polar surface area (TPSA) is 15.3 Å². The smallest absolute Gasteiger partial charge is 0.0199 e. The summed E-state index contributed by atoms with van der Waals surface area (Å²) in [5, 5.41) is 3.37. The van der Waals surface area contributed by atoms with Gasteiger partial charge in [0, 0.05) is 19.1 Å². The Morgan fingerprint density at radius 1 is 1.46 bits per heavy atom. The number of nitrogens with zero attached hydrogens (tertiary/aromatic N) is 1. The summed E-state index contributed by atoms with van der Waals surface area (Å²) in [6.45, 7) is 13.7. The molecule has 0 aliphatic heterocycles. The fourth-order valence-corrected chi connectivity index (χ4v) is 1.25. The van der Waals surface area contributed by atoms with Crippen LogP contribution < -0.4 is 5.32 Å². The zero-order chi connectivity index (χ0) is 10.3. The summed E-state index contributed by atoms with van der Waals surface area (Å²) in [4.78, 5) is 2.31. The lowest BCUT2D eigenvalue weighted by atomic mass is 10.2. The lowest BCUT2D eigenvalue weighted by molar-refractivity contribution is 0.358. The summed E-state index contributed by atoms with van der Waals surface area (Å²) in [7, 11) is 2.14. The van der Waals surface area contributed by atoms with E-state index in [-0.39, 0.29) is 0 Å². The Balaban J connectivity index is 3.50. The molecule has 0 rings (SSSR count). The molecule has 78 valence electrons. The summed E-state index contributed by atoms with van der Waals surface area (Å²) in [6.07, 6.45) is 1.21. The van der Waals surface area contributed by atoms with Crippen LogP contribution in [0, 0.1) is 0 Å². The Bertz CT molecular complexity index is 141. The van der Waals surface area contributed by atoms with Gasteiger partial charge in [-0.15, -0.1) is 0 Å². The number of hydrogen-bond donors (Lipinski definition) is 1. The maximum atomic E-state index is 4.04. The van der Waals surface area contributed by atoms with Gasteiger partial charge in [-0.25, -0.2) is 0 Å². The Hall–Kier alpha value is -0.340. The molecule has 0 aromatic rings. The molecule has 0 aliphatic rings. The first kappa shape index (κ1) is 12.7. The highest BCUT2D eigenvalue weighted by atomic mass is 15.1. The average Bonchev–Trinajstić information content (AvgIpc) is 2.01. The van der Waals surface area contributed by atoms with Crippen molar-refractivity contribution in [1.82, 2.24) is 10.2 Å². The molecule has 0 fully saturated rings. The number of likely N-dealkylation sites (N-methyl/N-ethyl adjacent to an activating group) is 1. The highest BCUT2D eigenvalue weighted by Gasteiger charge is 2.00. The molecular formula is C11H24N2. The Morgan fingerprint density at radius 3 is 2.54 bits per heavy atom. The third-order valence-electron chi connectivity index (χ3n) is 1.86. The van der Waals surface area contributed by atoms with Gasteiger partial charge in [0.25, 0.3) is 0 Å². The molecule has 0 aromatic carbocycles. The van der Waals surface area contributed by atoms with Gasteiger partial charge in [0.2, 0.25) is 0 Å². The highest BCUT2D eigenvalue weighted by Crippen LogP contribution is 1.94. The molecule has 0 bridgehead atoms. The van der Waals surface area contributed by atoms with Crippen LogP contribution in [0.3, 0.4) is 0 Å². The minimum Gasteiger partial charge on any atom is -0.311 e. The third-order valence-corrected chi connectivity index (χ3v) is 1.86. The summed E-state index contributed by atoms with van der Waals surface area (Å²) in [6, 6.07) is 0.549. The van der Waals surface area contributed by atoms with Crippen molar-refractivity contribution < 1.29 is 0 Å². The molecule has 0 radical (unpaired) electrons. The second-order valence-electron chi connectivity index (χ2n) is 4.02. The quantitative estimate of drug-likeness (QED) is 0.608. The molecule has 0 unspecified atom stereocenters. The molecule has 0 amide bonds. The number of rotatable bonds is 7. The Kier molecular flexibility index (Phi) is 6.92. The van der Waals surface area contributed by atoms with Crippen LogP contribution >= 0.6 is 0 Å². The van der Waals surface area contributed by atoms with Gasteiger partial charge in [-0.2, -0.15) is 0 Å². The van der Waals surface area contributed by atoms with Crippen molar-refractivity contribution in [2.75, 3.05) is 26.7 Å². The Labute approximate surface area is 83.0 Å². The molecule has 0 saturated carbocycles. The van der Waals surface area contributed by atoms with E-state index in [1.54, 1.807) is 0 Å². The number of hydrogen-bond acceptors (Lipinski definition) is 2. The van der Waals surface area contributed by atoms with Crippen molar-refractivity contribution in [2.24, 2.45) is 0 Å². The fraction of sp³-hybridized carbons (Fsp3) is 0.818. The molecule has 0 aliphatic carbocycles. The minimum atomic E-state index is 0.549. The first-order valence-corrected chi connectivity index (χ1v) is 5.14. The van der Waals surface area contributed by atoms with E-state index >= 15 is 0 Å². The van der Waals surface area contributed by atoms with Crippen LogP contribution in [0.15, 0.2) is 12.2 Å². The van der Waals surface area contributed by atoms with Gasteiger partial charge in [0.1, 0.15) is 0 Å². The largest absolute Gasteiger partial charge is 0.311 e. The first-order chi connectivity index (χ1) is 6.06. The third kappa shape index (κ3) is 8.00. The van der Waals surface area contributed by atoms with E-state index in [0.29, 0.717) is 6.04 Å². The van der Waals surface area contributed by atoms with E-state index in [1.165, 1.54) is 12.0 Å². The maximum absolute atomic E-state index is 4.04. The van der Waals surface area contributed by atoms with Crippen molar-refractivity contribution in [2.45, 2.75) is 33.2 Å². The molecule has 2 heteroatoms. The summed E-state index contributed by atoms with van der Waals surface area (Å²) in [5.74, 6) is 0. The predicted octanol–water partition coefficient (Wildman–Crippen LogP) is 1.88. The van der Waals surface area contributed by atoms with Crippen LogP contribution in [0.5, 0.6) is 0 Å². The standard InChI is InChI=1S/C11H24N2/c1-6-7-13(5)9-11(4)8-12-10(2)3/h10,12H,4,6-9H2,1-3,5H3. The van der Waals surface area contributed by atoms with Crippen LogP contribution in [-0.2, 0) is 0 Å². The van der Waals surface area contributed by atoms with E-state index in [9.17, 15) is 0 Å². The van der Waals surface area contributed by atoms with Crippen molar-refractivity contribution in [3.63, 3.8) is 0 Å². The molecule has 0 atom stereocenters. The van der Waals surface area contributed by atoms with E-state index < -0.39 is 0 Å². The van der Waals surface area contributed by atoms with Crippen molar-refractivity contribution in [3.8, 4) is 0 Å². The molecular weight excluding hydrogens is 160 g/mol. The van der Waals surface area contributed by atoms with Crippen molar-refractivity contribution in [3.05, 3.63) is 12.2 Å². The van der Waals surface area contributed by atoms with Gasteiger partial charge in [-0.3, -0.25) is 0 Å². The molecule has 0 saturated heterocycles. The average molecular weight is 184 g/mol. The van der Waals surface area contributed by atoms with Gasteiger partial charge in [-0.05, 0) is 25.6 Å². The lowest BCUT2D eigenvalue weighted by Gasteiger charge is -2.18. The van der Waals surface area contributed by atoms with Gasteiger partial charge in [-0.1, -0.05) is 27.4 Å². The molecule has 13 heavy (non-hydrogen) atoms. The minimum absolute atomic E-state index is 0.549. The van der Waals surface area contributed by atoms with Gasteiger partial charge < -0.3 is 10.2 Å². The highest BCUT2D eigenvalue weighted by molar-refractivity contribution is 4.99. The normalized spacial score (nSPS) is 11.2. The SMILES string of the molecule is C=C(CNC(C)C)CN(C)CCC. The molecule has 2 nitrogen and oxygen atoms in total. The monoisotopic (exact) mass is 184 g/mol. The van der Waals surface area contributed by atoms with E-state index in [4.69, 9.17) is 0 Å². The van der Waals surface area contributed by atoms with E-state index in [1.807, 2.05) is 0 Å². The molecule has 1 N–H and O–H groups in total. The van der Waals surface area contributed by atoms with Crippen LogP contribution in [-0.4, -0.2) is 37.6 Å². The zero-order valence-electron chi connectivity index (χ0n) is 9.56. The zero-order valence-corrected chi connectivity index (χ0v) is 9.56. The van der Waals surface area contributed by atoms with E-state index in [0.717, 1.165) is 19.6 Å². The van der Waals surface area contributed by atoms with Crippen molar-refractivity contribution in [1.29, 1.82) is 0 Å². The second-order valence-corrected chi connectivity index (χ2v) is 4.02. The van der Waals surface area contributed by atoms with Gasteiger partial charge in [0.15, 0.2) is 0 Å². The van der Waals surface area contributed by atoms with E-state index in [2.05, 4.69) is 44.6 Å². The summed E-state index contributed by atoms with van der Waals surface area (Å²) in [5.41, 5.74) is 1.27. The van der Waals surface area contributed by atoms with Crippen LogP contribution in [0.1, 0.15) is 27.2 Å². The molecule has 0 spiro atoms. The molecule has 0 aromatic heterocycles. The Morgan fingerprint density at radius 2 is 2.08 bits per heavy atom. The van der Waals surface area contributed by atoms with Gasteiger partial charge >= 0.3 is 0 Å². The number of nitrogens with one attached hydrogen (secondary N) is 1. The second kappa shape index (κ2) is 7.10. The lowest BCUT2D eigenvalue weighted by Crippen LogP contribution is -2.29. The van der Waals surface area contributed by atoms with Crippen LogP contribution in [0.4, 0.5) is 0 Å². The summed E-state index contributed by atoms with van der Waals surface area (Å²) >= 11 is 0. The van der Waals surface area contributed by atoms with Gasteiger partial charge in [0.05, 0.1) is 0 Å². The van der Waals surface area contributed by atoms with Crippen LogP contribution in [0.25, 0.3) is 0 Å². The first-order valence-electron chi connectivity index (χ1n) is 5.14.